The summed E-state index contributed by atoms with van der Waals surface area (Å²) in [6.45, 7) is 0. The van der Waals surface area contributed by atoms with Crippen molar-refractivity contribution < 1.29 is 9.13 Å². The fourth-order valence-corrected chi connectivity index (χ4v) is 3.54. The topological polar surface area (TPSA) is 47.3 Å². The molecule has 3 aromatic rings. The number of rotatable bonds is 4. The standard InChI is InChI=1S/C16H15FN2OS/c1-20-13-7-6-11(17)9-12(13)16(19-18)15-8-10-4-2-3-5-14(10)21-15/h2-9,16,19H,18H2,1H3. The van der Waals surface area contributed by atoms with E-state index < -0.39 is 0 Å². The first-order chi connectivity index (χ1) is 10.2. The minimum Gasteiger partial charge on any atom is -0.496 e. The van der Waals surface area contributed by atoms with Gasteiger partial charge in [-0.25, -0.2) is 9.82 Å². The number of nitrogens with one attached hydrogen (secondary N) is 1. The zero-order valence-electron chi connectivity index (χ0n) is 11.5. The molecule has 5 heteroatoms. The second-order valence-electron chi connectivity index (χ2n) is 4.67. The molecule has 3 nitrogen and oxygen atoms in total. The van der Waals surface area contributed by atoms with Crippen molar-refractivity contribution >= 4 is 21.4 Å². The van der Waals surface area contributed by atoms with Crippen molar-refractivity contribution in [3.63, 3.8) is 0 Å². The van der Waals surface area contributed by atoms with Gasteiger partial charge in [-0.3, -0.25) is 5.84 Å². The molecule has 3 rings (SSSR count). The second kappa shape index (κ2) is 5.81. The number of nitrogens with two attached hydrogens (primary N) is 1. The van der Waals surface area contributed by atoms with E-state index in [1.54, 1.807) is 24.5 Å². The van der Waals surface area contributed by atoms with Crippen molar-refractivity contribution in [1.82, 2.24) is 5.43 Å². The predicted molar refractivity (Wildman–Crippen MR) is 83.9 cm³/mol. The Hall–Kier alpha value is -1.95. The molecular weight excluding hydrogens is 287 g/mol. The van der Waals surface area contributed by atoms with E-state index in [4.69, 9.17) is 10.6 Å². The van der Waals surface area contributed by atoms with E-state index in [1.165, 1.54) is 16.8 Å². The summed E-state index contributed by atoms with van der Waals surface area (Å²) in [5, 5.41) is 1.15. The average Bonchev–Trinajstić information content (AvgIpc) is 2.92. The lowest BCUT2D eigenvalue weighted by atomic mass is 10.0. The number of hydrogen-bond donors (Lipinski definition) is 2. The van der Waals surface area contributed by atoms with Crippen molar-refractivity contribution in [2.75, 3.05) is 7.11 Å². The smallest absolute Gasteiger partial charge is 0.124 e. The van der Waals surface area contributed by atoms with Crippen molar-refractivity contribution in [2.45, 2.75) is 6.04 Å². The minimum absolute atomic E-state index is 0.312. The highest BCUT2D eigenvalue weighted by Crippen LogP contribution is 2.36. The molecule has 0 spiro atoms. The lowest BCUT2D eigenvalue weighted by Crippen LogP contribution is -2.28. The molecule has 0 bridgehead atoms. The molecule has 21 heavy (non-hydrogen) atoms. The summed E-state index contributed by atoms with van der Waals surface area (Å²) < 4.78 is 20.1. The highest BCUT2D eigenvalue weighted by atomic mass is 32.1. The van der Waals surface area contributed by atoms with Gasteiger partial charge < -0.3 is 4.74 Å². The molecule has 2 aromatic carbocycles. The quantitative estimate of drug-likeness (QED) is 0.572. The zero-order chi connectivity index (χ0) is 14.8. The highest BCUT2D eigenvalue weighted by molar-refractivity contribution is 7.19. The molecule has 1 heterocycles. The summed E-state index contributed by atoms with van der Waals surface area (Å²) in [6.07, 6.45) is 0. The van der Waals surface area contributed by atoms with Crippen LogP contribution in [-0.4, -0.2) is 7.11 Å². The van der Waals surface area contributed by atoms with Crippen LogP contribution >= 0.6 is 11.3 Å². The van der Waals surface area contributed by atoms with Crippen molar-refractivity contribution in [3.05, 3.63) is 64.8 Å². The third kappa shape index (κ3) is 2.63. The predicted octanol–water partition coefficient (Wildman–Crippen LogP) is 3.60. The van der Waals surface area contributed by atoms with Crippen LogP contribution in [-0.2, 0) is 0 Å². The van der Waals surface area contributed by atoms with Gasteiger partial charge in [0.1, 0.15) is 11.6 Å². The maximum Gasteiger partial charge on any atom is 0.124 e. The summed E-state index contributed by atoms with van der Waals surface area (Å²) >= 11 is 1.63. The zero-order valence-corrected chi connectivity index (χ0v) is 12.3. The van der Waals surface area contributed by atoms with Gasteiger partial charge in [0, 0.05) is 15.1 Å². The van der Waals surface area contributed by atoms with Gasteiger partial charge in [-0.1, -0.05) is 18.2 Å². The molecule has 0 fully saturated rings. The van der Waals surface area contributed by atoms with E-state index in [9.17, 15) is 4.39 Å². The maximum absolute atomic E-state index is 13.6. The molecule has 1 unspecified atom stereocenters. The fraction of sp³-hybridized carbons (Fsp3) is 0.125. The van der Waals surface area contributed by atoms with Gasteiger partial charge in [0.05, 0.1) is 13.2 Å². The molecule has 3 N–H and O–H groups in total. The number of hydrogen-bond acceptors (Lipinski definition) is 4. The van der Waals surface area contributed by atoms with Gasteiger partial charge in [-0.15, -0.1) is 11.3 Å². The van der Waals surface area contributed by atoms with Crippen LogP contribution in [0.5, 0.6) is 5.75 Å². The van der Waals surface area contributed by atoms with Crippen LogP contribution in [0.15, 0.2) is 48.5 Å². The normalized spacial score (nSPS) is 12.5. The van der Waals surface area contributed by atoms with Crippen LogP contribution < -0.4 is 16.0 Å². The van der Waals surface area contributed by atoms with Gasteiger partial charge in [-0.2, -0.15) is 0 Å². The van der Waals surface area contributed by atoms with Crippen LogP contribution in [0.25, 0.3) is 10.1 Å². The molecule has 0 aliphatic carbocycles. The van der Waals surface area contributed by atoms with Gasteiger partial charge >= 0.3 is 0 Å². The third-order valence-corrected chi connectivity index (χ3v) is 4.58. The molecule has 0 radical (unpaired) electrons. The van der Waals surface area contributed by atoms with E-state index >= 15 is 0 Å². The monoisotopic (exact) mass is 302 g/mol. The fourth-order valence-electron chi connectivity index (χ4n) is 2.40. The summed E-state index contributed by atoms with van der Waals surface area (Å²) in [5.41, 5.74) is 3.45. The van der Waals surface area contributed by atoms with E-state index in [0.29, 0.717) is 11.3 Å². The summed E-state index contributed by atoms with van der Waals surface area (Å²) in [5.74, 6) is 6.01. The highest BCUT2D eigenvalue weighted by Gasteiger charge is 2.20. The first-order valence-electron chi connectivity index (χ1n) is 6.51. The van der Waals surface area contributed by atoms with E-state index in [2.05, 4.69) is 17.6 Å². The first-order valence-corrected chi connectivity index (χ1v) is 7.32. The number of ether oxygens (including phenoxy) is 1. The number of methoxy groups -OCH3 is 1. The molecule has 0 aliphatic rings. The van der Waals surface area contributed by atoms with E-state index in [0.717, 1.165) is 10.3 Å². The Balaban J connectivity index is 2.11. The van der Waals surface area contributed by atoms with Gasteiger partial charge in [0.15, 0.2) is 0 Å². The Bertz CT molecular complexity index is 739. The molecular formula is C16H15FN2OS. The molecule has 0 saturated heterocycles. The summed E-state index contributed by atoms with van der Waals surface area (Å²) in [7, 11) is 1.56. The Kier molecular flexibility index (Phi) is 3.88. The largest absolute Gasteiger partial charge is 0.496 e. The first kappa shape index (κ1) is 14.0. The number of thiophene rings is 1. The van der Waals surface area contributed by atoms with Crippen LogP contribution in [0.2, 0.25) is 0 Å². The Morgan fingerprint density at radius 2 is 2.00 bits per heavy atom. The Morgan fingerprint density at radius 1 is 1.19 bits per heavy atom. The molecule has 0 aliphatic heterocycles. The summed E-state index contributed by atoms with van der Waals surface area (Å²) in [4.78, 5) is 1.02. The van der Waals surface area contributed by atoms with Crippen LogP contribution in [0.3, 0.4) is 0 Å². The molecule has 0 saturated carbocycles. The SMILES string of the molecule is COc1ccc(F)cc1C(NN)c1cc2ccccc2s1. The third-order valence-electron chi connectivity index (χ3n) is 3.40. The number of halogens is 1. The van der Waals surface area contributed by atoms with Crippen LogP contribution in [0.1, 0.15) is 16.5 Å². The van der Waals surface area contributed by atoms with Gasteiger partial charge in [-0.05, 0) is 35.7 Å². The van der Waals surface area contributed by atoms with Gasteiger partial charge in [0.25, 0.3) is 0 Å². The van der Waals surface area contributed by atoms with Crippen molar-refractivity contribution in [2.24, 2.45) is 5.84 Å². The molecule has 1 aromatic heterocycles. The maximum atomic E-state index is 13.6. The number of benzene rings is 2. The number of hydrazine groups is 1. The molecule has 108 valence electrons. The lowest BCUT2D eigenvalue weighted by molar-refractivity contribution is 0.403. The Labute approximate surface area is 126 Å². The second-order valence-corrected chi connectivity index (χ2v) is 5.79. The average molecular weight is 302 g/mol. The Morgan fingerprint density at radius 3 is 2.71 bits per heavy atom. The molecule has 1 atom stereocenters. The van der Waals surface area contributed by atoms with E-state index in [1.807, 2.05) is 18.2 Å². The number of fused-ring (bicyclic) bond motifs is 1. The lowest BCUT2D eigenvalue weighted by Gasteiger charge is -2.17. The van der Waals surface area contributed by atoms with Crippen LogP contribution in [0.4, 0.5) is 4.39 Å². The molecule has 0 amide bonds. The summed E-state index contributed by atoms with van der Waals surface area (Å²) in [6, 6.07) is 14.3. The van der Waals surface area contributed by atoms with Gasteiger partial charge in [0.2, 0.25) is 0 Å². The minimum atomic E-state index is -0.313. The van der Waals surface area contributed by atoms with Crippen molar-refractivity contribution in [3.8, 4) is 5.75 Å². The van der Waals surface area contributed by atoms with Crippen LogP contribution in [0, 0.1) is 5.82 Å². The van der Waals surface area contributed by atoms with E-state index in [-0.39, 0.29) is 11.9 Å². The van der Waals surface area contributed by atoms with Crippen molar-refractivity contribution in [1.29, 1.82) is 0 Å².